The van der Waals surface area contributed by atoms with Crippen molar-refractivity contribution in [3.8, 4) is 0 Å². The van der Waals surface area contributed by atoms with Gasteiger partial charge in [0.1, 0.15) is 0 Å². The van der Waals surface area contributed by atoms with Gasteiger partial charge >= 0.3 is 0 Å². The molecule has 0 saturated carbocycles. The molecule has 1 amide bonds. The quantitative estimate of drug-likeness (QED) is 0.792. The number of carbonyl (C=O) groups is 2. The summed E-state index contributed by atoms with van der Waals surface area (Å²) in [5.74, 6) is -0.117. The third kappa shape index (κ3) is 4.43. The summed E-state index contributed by atoms with van der Waals surface area (Å²) in [6.45, 7) is 3.66. The molecule has 114 valence electrons. The molecule has 0 atom stereocenters. The molecule has 5 heteroatoms. The lowest BCUT2D eigenvalue weighted by Gasteiger charge is -2.10. The van der Waals surface area contributed by atoms with Crippen LogP contribution in [0.25, 0.3) is 0 Å². The molecule has 2 aromatic carbocycles. The Morgan fingerprint density at radius 3 is 2.36 bits per heavy atom. The SMILES string of the molecule is CC(=O)c1ccc(NCC(=O)Nc2ccc(C)cc2Br)cc1. The molecule has 2 N–H and O–H groups in total. The van der Waals surface area contributed by atoms with E-state index in [1.54, 1.807) is 24.3 Å². The second kappa shape index (κ2) is 7.22. The van der Waals surface area contributed by atoms with Crippen LogP contribution in [0.15, 0.2) is 46.9 Å². The first-order valence-electron chi connectivity index (χ1n) is 6.86. The standard InChI is InChI=1S/C17H17BrN2O2/c1-11-3-8-16(15(18)9-11)20-17(22)10-19-14-6-4-13(5-7-14)12(2)21/h3-9,19H,10H2,1-2H3,(H,20,22). The van der Waals surface area contributed by atoms with Crippen molar-refractivity contribution in [3.63, 3.8) is 0 Å². The Balaban J connectivity index is 1.91. The number of benzene rings is 2. The van der Waals surface area contributed by atoms with E-state index in [0.29, 0.717) is 5.56 Å². The largest absolute Gasteiger partial charge is 0.376 e. The normalized spacial score (nSPS) is 10.1. The van der Waals surface area contributed by atoms with Crippen LogP contribution in [0.2, 0.25) is 0 Å². The maximum Gasteiger partial charge on any atom is 0.243 e. The summed E-state index contributed by atoms with van der Waals surface area (Å²) in [4.78, 5) is 23.1. The zero-order valence-corrected chi connectivity index (χ0v) is 14.0. The Bertz CT molecular complexity index is 696. The van der Waals surface area contributed by atoms with E-state index >= 15 is 0 Å². The van der Waals surface area contributed by atoms with E-state index in [0.717, 1.165) is 21.4 Å². The van der Waals surface area contributed by atoms with E-state index in [1.807, 2.05) is 25.1 Å². The Morgan fingerprint density at radius 1 is 1.09 bits per heavy atom. The molecule has 0 heterocycles. The molecule has 0 radical (unpaired) electrons. The lowest BCUT2D eigenvalue weighted by atomic mass is 10.1. The summed E-state index contributed by atoms with van der Waals surface area (Å²) < 4.78 is 0.853. The Labute approximate surface area is 138 Å². The third-order valence-corrected chi connectivity index (χ3v) is 3.80. The van der Waals surface area contributed by atoms with Crippen LogP contribution in [0.5, 0.6) is 0 Å². The first-order chi connectivity index (χ1) is 10.5. The molecule has 4 nitrogen and oxygen atoms in total. The van der Waals surface area contributed by atoms with Gasteiger partial charge in [0.2, 0.25) is 5.91 Å². The Morgan fingerprint density at radius 2 is 1.77 bits per heavy atom. The van der Waals surface area contributed by atoms with Crippen LogP contribution in [0.3, 0.4) is 0 Å². The predicted molar refractivity (Wildman–Crippen MR) is 92.4 cm³/mol. The van der Waals surface area contributed by atoms with Gasteiger partial charge in [0.25, 0.3) is 0 Å². The van der Waals surface area contributed by atoms with E-state index in [2.05, 4.69) is 26.6 Å². The van der Waals surface area contributed by atoms with E-state index in [1.165, 1.54) is 6.92 Å². The Kier molecular flexibility index (Phi) is 5.33. The van der Waals surface area contributed by atoms with E-state index in [-0.39, 0.29) is 18.2 Å². The van der Waals surface area contributed by atoms with Crippen LogP contribution in [0.4, 0.5) is 11.4 Å². The van der Waals surface area contributed by atoms with E-state index in [4.69, 9.17) is 0 Å². The number of aryl methyl sites for hydroxylation is 1. The number of amides is 1. The van der Waals surface area contributed by atoms with Crippen LogP contribution >= 0.6 is 15.9 Å². The van der Waals surface area contributed by atoms with E-state index < -0.39 is 0 Å². The highest BCUT2D eigenvalue weighted by Crippen LogP contribution is 2.23. The summed E-state index contributed by atoms with van der Waals surface area (Å²) in [6, 6.07) is 12.8. The molecule has 0 unspecified atom stereocenters. The maximum atomic E-state index is 11.9. The number of hydrogen-bond acceptors (Lipinski definition) is 3. The zero-order valence-electron chi connectivity index (χ0n) is 12.4. The number of anilines is 2. The summed E-state index contributed by atoms with van der Waals surface area (Å²) in [5.41, 5.74) is 3.31. The molecular formula is C17H17BrN2O2. The topological polar surface area (TPSA) is 58.2 Å². The first-order valence-corrected chi connectivity index (χ1v) is 7.66. The van der Waals surface area contributed by atoms with Crippen LogP contribution < -0.4 is 10.6 Å². The van der Waals surface area contributed by atoms with Gasteiger partial charge in [-0.1, -0.05) is 6.07 Å². The van der Waals surface area contributed by atoms with Crippen molar-refractivity contribution < 1.29 is 9.59 Å². The van der Waals surface area contributed by atoms with Crippen molar-refractivity contribution in [2.75, 3.05) is 17.2 Å². The monoisotopic (exact) mass is 360 g/mol. The zero-order chi connectivity index (χ0) is 16.1. The Hall–Kier alpha value is -2.14. The highest BCUT2D eigenvalue weighted by molar-refractivity contribution is 9.10. The summed E-state index contributed by atoms with van der Waals surface area (Å²) in [5, 5.41) is 5.86. The minimum Gasteiger partial charge on any atom is -0.376 e. The smallest absolute Gasteiger partial charge is 0.243 e. The maximum absolute atomic E-state index is 11.9. The van der Waals surface area contributed by atoms with Crippen LogP contribution in [0, 0.1) is 6.92 Å². The lowest BCUT2D eigenvalue weighted by molar-refractivity contribution is -0.114. The number of ketones is 1. The summed E-state index contributed by atoms with van der Waals surface area (Å²) >= 11 is 3.43. The molecule has 0 aliphatic heterocycles. The second-order valence-electron chi connectivity index (χ2n) is 5.02. The number of carbonyl (C=O) groups excluding carboxylic acids is 2. The molecule has 0 aliphatic carbocycles. The van der Waals surface area contributed by atoms with Gasteiger partial charge in [0, 0.05) is 15.7 Å². The van der Waals surface area contributed by atoms with Gasteiger partial charge in [-0.05, 0) is 71.7 Å². The van der Waals surface area contributed by atoms with Crippen molar-refractivity contribution in [3.05, 3.63) is 58.1 Å². The van der Waals surface area contributed by atoms with Crippen molar-refractivity contribution >= 4 is 39.0 Å². The molecule has 0 bridgehead atoms. The number of hydrogen-bond donors (Lipinski definition) is 2. The second-order valence-corrected chi connectivity index (χ2v) is 5.87. The fraction of sp³-hybridized carbons (Fsp3) is 0.176. The fourth-order valence-electron chi connectivity index (χ4n) is 1.92. The van der Waals surface area contributed by atoms with Crippen LogP contribution in [-0.2, 0) is 4.79 Å². The molecular weight excluding hydrogens is 344 g/mol. The average Bonchev–Trinajstić information content (AvgIpc) is 2.48. The minimum atomic E-state index is -0.139. The van der Waals surface area contributed by atoms with Gasteiger partial charge in [0.05, 0.1) is 12.2 Å². The molecule has 2 aromatic rings. The fourth-order valence-corrected chi connectivity index (χ4v) is 2.51. The highest BCUT2D eigenvalue weighted by Gasteiger charge is 2.06. The molecule has 2 rings (SSSR count). The van der Waals surface area contributed by atoms with Gasteiger partial charge in [0.15, 0.2) is 5.78 Å². The lowest BCUT2D eigenvalue weighted by Crippen LogP contribution is -2.22. The molecule has 0 saturated heterocycles. The van der Waals surface area contributed by atoms with Gasteiger partial charge in [-0.25, -0.2) is 0 Å². The van der Waals surface area contributed by atoms with Gasteiger partial charge < -0.3 is 10.6 Å². The molecule has 0 aliphatic rings. The number of rotatable bonds is 5. The van der Waals surface area contributed by atoms with Crippen LogP contribution in [0.1, 0.15) is 22.8 Å². The summed E-state index contributed by atoms with van der Waals surface area (Å²) in [7, 11) is 0. The van der Waals surface area contributed by atoms with Gasteiger partial charge in [-0.15, -0.1) is 0 Å². The van der Waals surface area contributed by atoms with Gasteiger partial charge in [-0.2, -0.15) is 0 Å². The average molecular weight is 361 g/mol. The number of Topliss-reactive ketones (excluding diaryl/α,β-unsaturated/α-hetero) is 1. The van der Waals surface area contributed by atoms with Crippen molar-refractivity contribution in [2.45, 2.75) is 13.8 Å². The van der Waals surface area contributed by atoms with Crippen LogP contribution in [-0.4, -0.2) is 18.2 Å². The third-order valence-electron chi connectivity index (χ3n) is 3.14. The van der Waals surface area contributed by atoms with E-state index in [9.17, 15) is 9.59 Å². The van der Waals surface area contributed by atoms with Crippen molar-refractivity contribution in [1.82, 2.24) is 0 Å². The minimum absolute atomic E-state index is 0.0218. The first kappa shape index (κ1) is 16.2. The number of nitrogens with one attached hydrogen (secondary N) is 2. The van der Waals surface area contributed by atoms with Crippen molar-refractivity contribution in [2.24, 2.45) is 0 Å². The molecule has 0 aromatic heterocycles. The number of halogens is 1. The highest BCUT2D eigenvalue weighted by atomic mass is 79.9. The molecule has 0 fully saturated rings. The molecule has 0 spiro atoms. The molecule has 22 heavy (non-hydrogen) atoms. The van der Waals surface area contributed by atoms with Crippen molar-refractivity contribution in [1.29, 1.82) is 0 Å². The predicted octanol–water partition coefficient (Wildman–Crippen LogP) is 4.01. The summed E-state index contributed by atoms with van der Waals surface area (Å²) in [6.07, 6.45) is 0. The van der Waals surface area contributed by atoms with Gasteiger partial charge in [-0.3, -0.25) is 9.59 Å².